The standard InChI is InChI=1S/C18H18N4O2S/c1-10(13-8-11(24-2)6-7-14(13)23)21-22-17-16-12-4-3-5-15(12)25-18(16)20-9-19-17/h6-9,23H,3-5H2,1-2H3,(H,19,20,22)/b21-10+. The number of methoxy groups -OCH3 is 1. The molecule has 3 aromatic rings. The molecule has 0 saturated carbocycles. The van der Waals surface area contributed by atoms with Crippen LogP contribution in [0.5, 0.6) is 11.5 Å². The summed E-state index contributed by atoms with van der Waals surface area (Å²) in [5.41, 5.74) is 5.67. The minimum Gasteiger partial charge on any atom is -0.507 e. The summed E-state index contributed by atoms with van der Waals surface area (Å²) in [6.07, 6.45) is 4.93. The number of benzene rings is 1. The van der Waals surface area contributed by atoms with Gasteiger partial charge in [0.1, 0.15) is 22.7 Å². The lowest BCUT2D eigenvalue weighted by atomic mass is 10.1. The van der Waals surface area contributed by atoms with Crippen molar-refractivity contribution in [1.82, 2.24) is 9.97 Å². The zero-order valence-electron chi connectivity index (χ0n) is 14.0. The second-order valence-electron chi connectivity index (χ2n) is 5.95. The third-order valence-electron chi connectivity index (χ3n) is 4.42. The monoisotopic (exact) mass is 354 g/mol. The molecule has 0 bridgehead atoms. The van der Waals surface area contributed by atoms with E-state index in [1.165, 1.54) is 16.9 Å². The summed E-state index contributed by atoms with van der Waals surface area (Å²) in [5, 5.41) is 15.6. The van der Waals surface area contributed by atoms with E-state index in [-0.39, 0.29) is 5.75 Å². The van der Waals surface area contributed by atoms with E-state index in [0.29, 0.717) is 22.8 Å². The number of hydrogen-bond acceptors (Lipinski definition) is 7. The number of aromatic hydroxyl groups is 1. The first-order chi connectivity index (χ1) is 12.2. The molecule has 0 atom stereocenters. The van der Waals surface area contributed by atoms with E-state index in [1.54, 1.807) is 43.0 Å². The maximum absolute atomic E-state index is 10.1. The van der Waals surface area contributed by atoms with Gasteiger partial charge in [-0.15, -0.1) is 11.3 Å². The Hall–Kier alpha value is -2.67. The molecule has 0 spiro atoms. The third kappa shape index (κ3) is 2.80. The molecule has 0 fully saturated rings. The number of nitrogens with one attached hydrogen (secondary N) is 1. The molecular formula is C18H18N4O2S. The van der Waals surface area contributed by atoms with Gasteiger partial charge in [0.05, 0.1) is 18.2 Å². The number of nitrogens with zero attached hydrogens (tertiary/aromatic N) is 3. The van der Waals surface area contributed by atoms with Crippen molar-refractivity contribution in [1.29, 1.82) is 0 Å². The molecule has 4 rings (SSSR count). The number of ether oxygens (including phenoxy) is 1. The Bertz CT molecular complexity index is 981. The largest absolute Gasteiger partial charge is 0.507 e. The van der Waals surface area contributed by atoms with Crippen molar-refractivity contribution in [3.8, 4) is 11.5 Å². The number of rotatable bonds is 4. The van der Waals surface area contributed by atoms with Crippen molar-refractivity contribution in [2.45, 2.75) is 26.2 Å². The van der Waals surface area contributed by atoms with Crippen LogP contribution in [-0.4, -0.2) is 27.9 Å². The van der Waals surface area contributed by atoms with Gasteiger partial charge in [-0.3, -0.25) is 5.43 Å². The van der Waals surface area contributed by atoms with Gasteiger partial charge in [-0.1, -0.05) is 0 Å². The third-order valence-corrected chi connectivity index (χ3v) is 5.62. The number of phenols is 1. The molecule has 2 N–H and O–H groups in total. The van der Waals surface area contributed by atoms with Gasteiger partial charge in [0, 0.05) is 10.4 Å². The summed E-state index contributed by atoms with van der Waals surface area (Å²) >= 11 is 1.74. The quantitative estimate of drug-likeness (QED) is 0.551. The molecule has 2 aromatic heterocycles. The molecule has 128 valence electrons. The highest BCUT2D eigenvalue weighted by molar-refractivity contribution is 7.19. The molecule has 25 heavy (non-hydrogen) atoms. The van der Waals surface area contributed by atoms with Crippen LogP contribution in [0, 0.1) is 0 Å². The van der Waals surface area contributed by atoms with Crippen LogP contribution in [0.25, 0.3) is 10.2 Å². The number of phenolic OH excluding ortho intramolecular Hbond substituents is 1. The van der Waals surface area contributed by atoms with E-state index in [4.69, 9.17) is 4.74 Å². The van der Waals surface area contributed by atoms with Crippen molar-refractivity contribution in [2.24, 2.45) is 5.10 Å². The Morgan fingerprint density at radius 1 is 1.32 bits per heavy atom. The molecule has 1 aromatic carbocycles. The normalized spacial score (nSPS) is 13.9. The smallest absolute Gasteiger partial charge is 0.158 e. The fraction of sp³-hybridized carbons (Fsp3) is 0.278. The zero-order chi connectivity index (χ0) is 17.4. The van der Waals surface area contributed by atoms with Gasteiger partial charge in [-0.2, -0.15) is 5.10 Å². The molecule has 1 aliphatic rings. The summed E-state index contributed by atoms with van der Waals surface area (Å²) in [6, 6.07) is 5.07. The fourth-order valence-corrected chi connectivity index (χ4v) is 4.37. The first-order valence-electron chi connectivity index (χ1n) is 8.10. The van der Waals surface area contributed by atoms with Crippen LogP contribution in [0.3, 0.4) is 0 Å². The van der Waals surface area contributed by atoms with Crippen molar-refractivity contribution in [2.75, 3.05) is 12.5 Å². The maximum Gasteiger partial charge on any atom is 0.158 e. The average Bonchev–Trinajstić information content (AvgIpc) is 3.21. The summed E-state index contributed by atoms with van der Waals surface area (Å²) in [6.45, 7) is 1.83. The highest BCUT2D eigenvalue weighted by Gasteiger charge is 2.21. The van der Waals surface area contributed by atoms with E-state index in [2.05, 4.69) is 20.5 Å². The second kappa shape index (κ2) is 6.33. The van der Waals surface area contributed by atoms with E-state index in [9.17, 15) is 5.11 Å². The minimum atomic E-state index is 0.160. The van der Waals surface area contributed by atoms with Gasteiger partial charge in [-0.25, -0.2) is 9.97 Å². The zero-order valence-corrected chi connectivity index (χ0v) is 14.9. The lowest BCUT2D eigenvalue weighted by Gasteiger charge is -2.08. The Kier molecular flexibility index (Phi) is 4.01. The number of thiophene rings is 1. The van der Waals surface area contributed by atoms with Gasteiger partial charge >= 0.3 is 0 Å². The van der Waals surface area contributed by atoms with E-state index in [1.807, 2.05) is 6.92 Å². The first-order valence-corrected chi connectivity index (χ1v) is 8.92. The van der Waals surface area contributed by atoms with Crippen molar-refractivity contribution in [3.05, 3.63) is 40.5 Å². The molecule has 0 radical (unpaired) electrons. The Balaban J connectivity index is 1.69. The van der Waals surface area contributed by atoms with Crippen LogP contribution in [0.1, 0.15) is 29.3 Å². The molecule has 6 nitrogen and oxygen atoms in total. The molecule has 0 saturated heterocycles. The summed E-state index contributed by atoms with van der Waals surface area (Å²) in [4.78, 5) is 11.2. The van der Waals surface area contributed by atoms with Gasteiger partial charge in [-0.05, 0) is 49.9 Å². The number of hydrogen-bond donors (Lipinski definition) is 2. The van der Waals surface area contributed by atoms with Crippen LogP contribution >= 0.6 is 11.3 Å². The lowest BCUT2D eigenvalue weighted by Crippen LogP contribution is -2.02. The summed E-state index contributed by atoms with van der Waals surface area (Å²) < 4.78 is 5.21. The first kappa shape index (κ1) is 15.8. The second-order valence-corrected chi connectivity index (χ2v) is 7.04. The highest BCUT2D eigenvalue weighted by atomic mass is 32.1. The molecule has 7 heteroatoms. The van der Waals surface area contributed by atoms with Gasteiger partial charge in [0.2, 0.25) is 0 Å². The number of aromatic nitrogens is 2. The minimum absolute atomic E-state index is 0.160. The molecule has 0 aliphatic heterocycles. The number of hydrazone groups is 1. The Morgan fingerprint density at radius 2 is 2.20 bits per heavy atom. The fourth-order valence-electron chi connectivity index (χ4n) is 3.14. The Morgan fingerprint density at radius 3 is 3.04 bits per heavy atom. The highest BCUT2D eigenvalue weighted by Crippen LogP contribution is 2.39. The van der Waals surface area contributed by atoms with E-state index < -0.39 is 0 Å². The van der Waals surface area contributed by atoms with Crippen LogP contribution in [0.2, 0.25) is 0 Å². The molecule has 1 aliphatic carbocycles. The predicted octanol–water partition coefficient (Wildman–Crippen LogP) is 3.73. The van der Waals surface area contributed by atoms with E-state index in [0.717, 1.165) is 23.1 Å². The van der Waals surface area contributed by atoms with Gasteiger partial charge in [0.25, 0.3) is 0 Å². The van der Waals surface area contributed by atoms with Gasteiger partial charge < -0.3 is 9.84 Å². The van der Waals surface area contributed by atoms with Crippen LogP contribution in [0.4, 0.5) is 5.82 Å². The topological polar surface area (TPSA) is 79.6 Å². The number of fused-ring (bicyclic) bond motifs is 3. The average molecular weight is 354 g/mol. The van der Waals surface area contributed by atoms with Crippen LogP contribution < -0.4 is 10.2 Å². The Labute approximate surface area is 149 Å². The predicted molar refractivity (Wildman–Crippen MR) is 99.9 cm³/mol. The van der Waals surface area contributed by atoms with Crippen molar-refractivity contribution in [3.63, 3.8) is 0 Å². The molecular weight excluding hydrogens is 336 g/mol. The van der Waals surface area contributed by atoms with Crippen LogP contribution in [0.15, 0.2) is 29.6 Å². The number of anilines is 1. The molecule has 2 heterocycles. The molecule has 0 unspecified atom stereocenters. The SMILES string of the molecule is COc1ccc(O)c(/C(C)=N/Nc2ncnc3sc4c(c23)CCC4)c1. The maximum atomic E-state index is 10.1. The lowest BCUT2D eigenvalue weighted by molar-refractivity contribution is 0.412. The summed E-state index contributed by atoms with van der Waals surface area (Å²) in [7, 11) is 1.59. The van der Waals surface area contributed by atoms with E-state index >= 15 is 0 Å². The van der Waals surface area contributed by atoms with Crippen LogP contribution in [-0.2, 0) is 12.8 Å². The van der Waals surface area contributed by atoms with Gasteiger partial charge in [0.15, 0.2) is 5.82 Å². The van der Waals surface area contributed by atoms with Crippen molar-refractivity contribution < 1.29 is 9.84 Å². The van der Waals surface area contributed by atoms with Crippen molar-refractivity contribution >= 4 is 33.1 Å². The number of aryl methyl sites for hydroxylation is 2. The summed E-state index contributed by atoms with van der Waals surface area (Å²) in [5.74, 6) is 1.54. The molecule has 0 amide bonds.